The van der Waals surface area contributed by atoms with Gasteiger partial charge in [0.25, 0.3) is 0 Å². The van der Waals surface area contributed by atoms with Gasteiger partial charge in [-0.15, -0.1) is 0 Å². The van der Waals surface area contributed by atoms with Crippen LogP contribution in [0.25, 0.3) is 0 Å². The first-order valence-electron chi connectivity index (χ1n) is 7.28. The highest BCUT2D eigenvalue weighted by Gasteiger charge is 2.39. The normalized spacial score (nSPS) is 26.0. The minimum atomic E-state index is 0.00648. The molecule has 3 N–H and O–H groups in total. The van der Waals surface area contributed by atoms with Gasteiger partial charge in [0.2, 0.25) is 0 Å². The van der Waals surface area contributed by atoms with Crippen LogP contribution in [0.5, 0.6) is 11.5 Å². The number of aromatic hydroxyl groups is 2. The molecule has 1 heterocycles. The maximum atomic E-state index is 10.2. The van der Waals surface area contributed by atoms with Gasteiger partial charge in [0.1, 0.15) is 11.5 Å². The van der Waals surface area contributed by atoms with Gasteiger partial charge in [-0.1, -0.05) is 42.5 Å². The zero-order valence-electron chi connectivity index (χ0n) is 11.5. The number of allylic oxidation sites excluding steroid dienone is 2. The van der Waals surface area contributed by atoms with Crippen molar-refractivity contribution in [2.75, 3.05) is 5.32 Å². The molecule has 21 heavy (non-hydrogen) atoms. The van der Waals surface area contributed by atoms with Gasteiger partial charge in [0, 0.05) is 11.5 Å². The molecule has 2 aliphatic rings. The largest absolute Gasteiger partial charge is 0.508 e. The van der Waals surface area contributed by atoms with Gasteiger partial charge in [-0.05, 0) is 30.0 Å². The molecule has 0 amide bonds. The fourth-order valence-electron chi connectivity index (χ4n) is 3.66. The Hall–Kier alpha value is -2.42. The second-order valence-electron chi connectivity index (χ2n) is 5.78. The summed E-state index contributed by atoms with van der Waals surface area (Å²) in [6.45, 7) is 0. The topological polar surface area (TPSA) is 52.5 Å². The Labute approximate surface area is 123 Å². The third-order valence-electron chi connectivity index (χ3n) is 4.65. The van der Waals surface area contributed by atoms with Gasteiger partial charge in [0.05, 0.1) is 11.7 Å². The summed E-state index contributed by atoms with van der Waals surface area (Å²) in [6.07, 6.45) is 5.39. The number of anilines is 1. The number of phenolic OH excluding ortho intramolecular Hbond substituents is 2. The summed E-state index contributed by atoms with van der Waals surface area (Å²) in [4.78, 5) is 0. The Bertz CT molecular complexity index is 723. The fourth-order valence-corrected chi connectivity index (χ4v) is 3.66. The third-order valence-corrected chi connectivity index (χ3v) is 4.65. The number of rotatable bonds is 1. The highest BCUT2D eigenvalue weighted by Crippen LogP contribution is 2.52. The van der Waals surface area contributed by atoms with Crippen LogP contribution < -0.4 is 5.32 Å². The number of phenols is 2. The zero-order valence-corrected chi connectivity index (χ0v) is 11.5. The summed E-state index contributed by atoms with van der Waals surface area (Å²) in [6, 6.07) is 13.1. The van der Waals surface area contributed by atoms with Crippen molar-refractivity contribution in [3.63, 3.8) is 0 Å². The molecule has 1 aliphatic heterocycles. The van der Waals surface area contributed by atoms with Crippen molar-refractivity contribution >= 4 is 5.69 Å². The van der Waals surface area contributed by atoms with Crippen molar-refractivity contribution in [3.05, 3.63) is 65.7 Å². The lowest BCUT2D eigenvalue weighted by molar-refractivity contribution is 0.396. The third kappa shape index (κ3) is 1.81. The van der Waals surface area contributed by atoms with Crippen LogP contribution in [0.3, 0.4) is 0 Å². The second kappa shape index (κ2) is 4.55. The summed E-state index contributed by atoms with van der Waals surface area (Å²) in [5.41, 5.74) is 2.82. The number of hydrogen-bond donors (Lipinski definition) is 3. The van der Waals surface area contributed by atoms with E-state index in [0.29, 0.717) is 11.7 Å². The molecule has 3 atom stereocenters. The van der Waals surface area contributed by atoms with Gasteiger partial charge in [-0.25, -0.2) is 0 Å². The molecule has 0 saturated heterocycles. The number of nitrogens with one attached hydrogen (secondary N) is 1. The predicted octanol–water partition coefficient (Wildman–Crippen LogP) is 3.92. The summed E-state index contributed by atoms with van der Waals surface area (Å²) in [5.74, 6) is 1.23. The molecular weight excluding hydrogens is 262 g/mol. The van der Waals surface area contributed by atoms with Gasteiger partial charge < -0.3 is 15.5 Å². The number of hydrogen-bond acceptors (Lipinski definition) is 3. The number of fused-ring (bicyclic) bond motifs is 3. The highest BCUT2D eigenvalue weighted by molar-refractivity contribution is 5.67. The van der Waals surface area contributed by atoms with Crippen molar-refractivity contribution in [3.8, 4) is 11.5 Å². The Balaban J connectivity index is 1.85. The summed E-state index contributed by atoms with van der Waals surface area (Å²) in [5, 5.41) is 23.8. The van der Waals surface area contributed by atoms with E-state index in [1.165, 1.54) is 0 Å². The van der Waals surface area contributed by atoms with Gasteiger partial charge in [-0.3, -0.25) is 0 Å². The molecule has 4 rings (SSSR count). The van der Waals surface area contributed by atoms with E-state index in [0.717, 1.165) is 23.2 Å². The van der Waals surface area contributed by atoms with Crippen LogP contribution in [-0.4, -0.2) is 10.2 Å². The van der Waals surface area contributed by atoms with Crippen LogP contribution in [0, 0.1) is 5.92 Å². The van der Waals surface area contributed by atoms with Crippen molar-refractivity contribution < 1.29 is 10.2 Å². The quantitative estimate of drug-likeness (QED) is 0.547. The summed E-state index contributed by atoms with van der Waals surface area (Å²) >= 11 is 0. The van der Waals surface area contributed by atoms with Crippen LogP contribution in [0.15, 0.2) is 54.6 Å². The first kappa shape index (κ1) is 12.3. The van der Waals surface area contributed by atoms with E-state index in [-0.39, 0.29) is 17.7 Å². The maximum absolute atomic E-state index is 10.2. The maximum Gasteiger partial charge on any atom is 0.138 e. The molecule has 3 unspecified atom stereocenters. The van der Waals surface area contributed by atoms with Crippen LogP contribution >= 0.6 is 0 Å². The lowest BCUT2D eigenvalue weighted by atomic mass is 9.76. The van der Waals surface area contributed by atoms with E-state index >= 15 is 0 Å². The average Bonchev–Trinajstić information content (AvgIpc) is 2.97. The second-order valence-corrected chi connectivity index (χ2v) is 5.78. The van der Waals surface area contributed by atoms with E-state index < -0.39 is 0 Å². The molecule has 2 aromatic rings. The molecular formula is C18H17NO2. The van der Waals surface area contributed by atoms with E-state index in [9.17, 15) is 10.2 Å². The Morgan fingerprint density at radius 2 is 1.67 bits per heavy atom. The van der Waals surface area contributed by atoms with Crippen molar-refractivity contribution in [2.24, 2.45) is 5.92 Å². The van der Waals surface area contributed by atoms with Crippen LogP contribution in [-0.2, 0) is 0 Å². The molecule has 2 aromatic carbocycles. The Morgan fingerprint density at radius 1 is 0.905 bits per heavy atom. The first-order valence-corrected chi connectivity index (χ1v) is 7.28. The molecule has 1 aliphatic carbocycles. The molecule has 0 aromatic heterocycles. The minimum absolute atomic E-state index is 0.00648. The minimum Gasteiger partial charge on any atom is -0.508 e. The standard InChI is InChI=1S/C18H17NO2/c20-15-9-2-1-5-14(15)17-12-7-3-6-11(12)13-8-4-10-16(21)18(13)19-17/h1-6,8-12,17,19-21H,7H2. The van der Waals surface area contributed by atoms with Crippen LogP contribution in [0.1, 0.15) is 29.5 Å². The Kier molecular flexibility index (Phi) is 2.67. The van der Waals surface area contributed by atoms with E-state index in [1.54, 1.807) is 12.1 Å². The van der Waals surface area contributed by atoms with Crippen LogP contribution in [0.4, 0.5) is 5.69 Å². The molecule has 0 fully saturated rings. The van der Waals surface area contributed by atoms with E-state index in [2.05, 4.69) is 23.5 Å². The van der Waals surface area contributed by atoms with Gasteiger partial charge in [0.15, 0.2) is 0 Å². The van der Waals surface area contributed by atoms with Crippen molar-refractivity contribution in [1.29, 1.82) is 0 Å². The van der Waals surface area contributed by atoms with Gasteiger partial charge >= 0.3 is 0 Å². The van der Waals surface area contributed by atoms with E-state index in [4.69, 9.17) is 0 Å². The monoisotopic (exact) mass is 279 g/mol. The number of benzene rings is 2. The van der Waals surface area contributed by atoms with Crippen molar-refractivity contribution in [2.45, 2.75) is 18.4 Å². The molecule has 0 saturated carbocycles. The Morgan fingerprint density at radius 3 is 2.52 bits per heavy atom. The molecule has 0 radical (unpaired) electrons. The fraction of sp³-hybridized carbons (Fsp3) is 0.222. The smallest absolute Gasteiger partial charge is 0.138 e. The average molecular weight is 279 g/mol. The van der Waals surface area contributed by atoms with Crippen molar-refractivity contribution in [1.82, 2.24) is 0 Å². The first-order chi connectivity index (χ1) is 10.3. The van der Waals surface area contributed by atoms with Gasteiger partial charge in [-0.2, -0.15) is 0 Å². The predicted molar refractivity (Wildman–Crippen MR) is 82.6 cm³/mol. The van der Waals surface area contributed by atoms with Crippen LogP contribution in [0.2, 0.25) is 0 Å². The lowest BCUT2D eigenvalue weighted by Gasteiger charge is -2.37. The molecule has 106 valence electrons. The van der Waals surface area contributed by atoms with E-state index in [1.807, 2.05) is 24.3 Å². The summed E-state index contributed by atoms with van der Waals surface area (Å²) < 4.78 is 0. The molecule has 3 nitrogen and oxygen atoms in total. The molecule has 3 heteroatoms. The molecule has 0 spiro atoms. The molecule has 0 bridgehead atoms. The number of para-hydroxylation sites is 2. The summed E-state index contributed by atoms with van der Waals surface area (Å²) in [7, 11) is 0. The zero-order chi connectivity index (χ0) is 14.4. The lowest BCUT2D eigenvalue weighted by Crippen LogP contribution is -2.29. The SMILES string of the molecule is Oc1ccccc1C1Nc2c(O)cccc2C2C=CCC21. The highest BCUT2D eigenvalue weighted by atomic mass is 16.3.